The fraction of sp³-hybridized carbons (Fsp3) is 0.500. The Bertz CT molecular complexity index is 124. The van der Waals surface area contributed by atoms with Gasteiger partial charge in [0.25, 0.3) is 0 Å². The first-order chi connectivity index (χ1) is 4.70. The summed E-state index contributed by atoms with van der Waals surface area (Å²) in [4.78, 5) is 10.4. The van der Waals surface area contributed by atoms with Crippen LogP contribution in [0.2, 0.25) is 0 Å². The number of alkyl halides is 1. The van der Waals surface area contributed by atoms with Gasteiger partial charge in [-0.2, -0.15) is 0 Å². The van der Waals surface area contributed by atoms with Gasteiger partial charge in [0.1, 0.15) is 0 Å². The molecule has 0 radical (unpaired) electrons. The molecule has 0 spiro atoms. The highest BCUT2D eigenvalue weighted by Gasteiger charge is 2.06. The van der Waals surface area contributed by atoms with E-state index in [-0.39, 0.29) is 13.0 Å². The summed E-state index contributed by atoms with van der Waals surface area (Å²) in [5.74, 6) is -0.576. The van der Waals surface area contributed by atoms with Gasteiger partial charge in [-0.05, 0) is 0 Å². The average molecular weight is 165 g/mol. The van der Waals surface area contributed by atoms with Gasteiger partial charge in [-0.15, -0.1) is 0 Å². The van der Waals surface area contributed by atoms with E-state index in [9.17, 15) is 4.79 Å². The molecule has 0 amide bonds. The zero-order chi connectivity index (χ0) is 7.98. The van der Waals surface area contributed by atoms with Crippen LogP contribution in [0.3, 0.4) is 0 Å². The van der Waals surface area contributed by atoms with Gasteiger partial charge in [-0.1, -0.05) is 18.2 Å². The zero-order valence-electron chi connectivity index (χ0n) is 5.42. The monoisotopic (exact) mass is 164 g/mol. The van der Waals surface area contributed by atoms with Crippen molar-refractivity contribution >= 4 is 17.6 Å². The third-order valence-corrected chi connectivity index (χ3v) is 1.07. The molecule has 0 rings (SSSR count). The van der Waals surface area contributed by atoms with Crippen molar-refractivity contribution in [2.75, 3.05) is 6.61 Å². The second-order valence-electron chi connectivity index (χ2n) is 1.56. The van der Waals surface area contributed by atoms with E-state index in [4.69, 9.17) is 16.7 Å². The molecule has 58 valence electrons. The van der Waals surface area contributed by atoms with Gasteiger partial charge in [0.2, 0.25) is 0 Å². The summed E-state index contributed by atoms with van der Waals surface area (Å²) in [6.45, 7) is 3.08. The Morgan fingerprint density at radius 3 is 2.90 bits per heavy atom. The molecule has 10 heavy (non-hydrogen) atoms. The van der Waals surface area contributed by atoms with Gasteiger partial charge in [-0.25, -0.2) is 4.79 Å². The molecule has 0 aliphatic heterocycles. The number of hydrogen-bond acceptors (Lipinski definition) is 3. The molecule has 0 aromatic carbocycles. The number of esters is 1. The molecule has 1 unspecified atom stereocenters. The molecular formula is C6H9ClO3. The molecule has 0 saturated carbocycles. The number of aliphatic hydroxyl groups is 1. The Labute approximate surface area is 64.2 Å². The van der Waals surface area contributed by atoms with Crippen LogP contribution >= 0.6 is 11.6 Å². The summed E-state index contributed by atoms with van der Waals surface area (Å²) in [5, 5.41) is 8.32. The highest BCUT2D eigenvalue weighted by atomic mass is 35.5. The fourth-order valence-electron chi connectivity index (χ4n) is 0.335. The van der Waals surface area contributed by atoms with E-state index in [0.717, 1.165) is 6.08 Å². The van der Waals surface area contributed by atoms with Crippen LogP contribution in [0.4, 0.5) is 0 Å². The Kier molecular flexibility index (Phi) is 4.98. The van der Waals surface area contributed by atoms with Crippen molar-refractivity contribution in [3.8, 4) is 0 Å². The quantitative estimate of drug-likeness (QED) is 0.377. The van der Waals surface area contributed by atoms with Crippen molar-refractivity contribution in [3.63, 3.8) is 0 Å². The minimum absolute atomic E-state index is 0.0986. The van der Waals surface area contributed by atoms with Crippen LogP contribution < -0.4 is 0 Å². The number of rotatable bonds is 4. The molecule has 0 heterocycles. The van der Waals surface area contributed by atoms with Crippen molar-refractivity contribution in [2.45, 2.75) is 12.0 Å². The van der Waals surface area contributed by atoms with E-state index in [1.807, 2.05) is 0 Å². The van der Waals surface area contributed by atoms with E-state index in [0.29, 0.717) is 0 Å². The zero-order valence-corrected chi connectivity index (χ0v) is 6.17. The molecular weight excluding hydrogens is 156 g/mol. The Balaban J connectivity index is 3.46. The van der Waals surface area contributed by atoms with Crippen molar-refractivity contribution in [1.82, 2.24) is 0 Å². The normalized spacial score (nSPS) is 12.2. The van der Waals surface area contributed by atoms with Crippen LogP contribution in [0.25, 0.3) is 0 Å². The first kappa shape index (κ1) is 9.46. The number of carbonyl (C=O) groups is 1. The number of hydrogen-bond donors (Lipinski definition) is 1. The molecule has 1 N–H and O–H groups in total. The molecule has 0 aromatic heterocycles. The first-order valence-electron chi connectivity index (χ1n) is 2.78. The van der Waals surface area contributed by atoms with E-state index < -0.39 is 11.5 Å². The third-order valence-electron chi connectivity index (χ3n) is 0.767. The average Bonchev–Trinajstić information content (AvgIpc) is 1.88. The SMILES string of the molecule is C=CC(=O)OC(Cl)CCO. The summed E-state index contributed by atoms with van der Waals surface area (Å²) < 4.78 is 4.49. The molecule has 0 saturated heterocycles. The lowest BCUT2D eigenvalue weighted by Gasteiger charge is -2.06. The maximum absolute atomic E-state index is 10.4. The van der Waals surface area contributed by atoms with Crippen LogP contribution in [0.15, 0.2) is 12.7 Å². The van der Waals surface area contributed by atoms with Crippen LogP contribution in [0, 0.1) is 0 Å². The van der Waals surface area contributed by atoms with Crippen LogP contribution in [-0.2, 0) is 9.53 Å². The Morgan fingerprint density at radius 2 is 2.50 bits per heavy atom. The predicted octanol–water partition coefficient (Wildman–Crippen LogP) is 0.663. The predicted molar refractivity (Wildman–Crippen MR) is 37.6 cm³/mol. The van der Waals surface area contributed by atoms with E-state index >= 15 is 0 Å². The molecule has 0 bridgehead atoms. The first-order valence-corrected chi connectivity index (χ1v) is 3.22. The summed E-state index contributed by atoms with van der Waals surface area (Å²) in [7, 11) is 0. The molecule has 0 aliphatic carbocycles. The topological polar surface area (TPSA) is 46.5 Å². The van der Waals surface area contributed by atoms with E-state index in [1.54, 1.807) is 0 Å². The van der Waals surface area contributed by atoms with Crippen LogP contribution in [0.5, 0.6) is 0 Å². The van der Waals surface area contributed by atoms with Gasteiger partial charge in [0.05, 0.1) is 0 Å². The van der Waals surface area contributed by atoms with Crippen molar-refractivity contribution < 1.29 is 14.6 Å². The summed E-state index contributed by atoms with van der Waals surface area (Å²) in [6, 6.07) is 0. The lowest BCUT2D eigenvalue weighted by atomic mass is 10.5. The molecule has 0 aromatic rings. The van der Waals surface area contributed by atoms with Gasteiger partial charge in [0.15, 0.2) is 5.56 Å². The molecule has 0 aliphatic rings. The van der Waals surface area contributed by atoms with E-state index in [1.165, 1.54) is 0 Å². The lowest BCUT2D eigenvalue weighted by molar-refractivity contribution is -0.139. The minimum Gasteiger partial charge on any atom is -0.443 e. The van der Waals surface area contributed by atoms with Gasteiger partial charge in [0, 0.05) is 19.1 Å². The second kappa shape index (κ2) is 5.26. The number of carbonyl (C=O) groups excluding carboxylic acids is 1. The van der Waals surface area contributed by atoms with Crippen molar-refractivity contribution in [1.29, 1.82) is 0 Å². The smallest absolute Gasteiger partial charge is 0.331 e. The van der Waals surface area contributed by atoms with Crippen molar-refractivity contribution in [3.05, 3.63) is 12.7 Å². The number of ether oxygens (including phenoxy) is 1. The number of aliphatic hydroxyl groups excluding tert-OH is 1. The Hall–Kier alpha value is -0.540. The standard InChI is InChI=1S/C6H9ClO3/c1-2-6(9)10-5(7)3-4-8/h2,5,8H,1,3-4H2. The largest absolute Gasteiger partial charge is 0.443 e. The highest BCUT2D eigenvalue weighted by molar-refractivity contribution is 6.20. The van der Waals surface area contributed by atoms with Gasteiger partial charge < -0.3 is 9.84 Å². The molecule has 3 nitrogen and oxygen atoms in total. The second-order valence-corrected chi connectivity index (χ2v) is 2.05. The third kappa shape index (κ3) is 4.35. The van der Waals surface area contributed by atoms with Gasteiger partial charge >= 0.3 is 5.97 Å². The number of halogens is 1. The maximum Gasteiger partial charge on any atom is 0.331 e. The summed E-state index contributed by atoms with van der Waals surface area (Å²) >= 11 is 5.40. The maximum atomic E-state index is 10.4. The molecule has 0 fully saturated rings. The summed E-state index contributed by atoms with van der Waals surface area (Å²) in [5.41, 5.74) is -0.754. The molecule has 4 heteroatoms. The summed E-state index contributed by atoms with van der Waals surface area (Å²) in [6.07, 6.45) is 1.26. The fourth-order valence-corrected chi connectivity index (χ4v) is 0.520. The minimum atomic E-state index is -0.754. The molecule has 1 atom stereocenters. The van der Waals surface area contributed by atoms with Crippen LogP contribution in [0.1, 0.15) is 6.42 Å². The lowest BCUT2D eigenvalue weighted by Crippen LogP contribution is -2.11. The highest BCUT2D eigenvalue weighted by Crippen LogP contribution is 2.03. The van der Waals surface area contributed by atoms with Crippen LogP contribution in [-0.4, -0.2) is 23.2 Å². The van der Waals surface area contributed by atoms with E-state index in [2.05, 4.69) is 11.3 Å². The van der Waals surface area contributed by atoms with Gasteiger partial charge in [-0.3, -0.25) is 0 Å². The Morgan fingerprint density at radius 1 is 1.90 bits per heavy atom. The van der Waals surface area contributed by atoms with Crippen molar-refractivity contribution in [2.24, 2.45) is 0 Å².